The number of non-ortho nitro benzene ring substituents is 1. The van der Waals surface area contributed by atoms with E-state index in [4.69, 9.17) is 16.3 Å². The van der Waals surface area contributed by atoms with Crippen molar-refractivity contribution >= 4 is 46.9 Å². The fraction of sp³-hybridized carbons (Fsp3) is 0.115. The van der Waals surface area contributed by atoms with E-state index in [1.54, 1.807) is 42.5 Å². The average molecular weight is 506 g/mol. The summed E-state index contributed by atoms with van der Waals surface area (Å²) in [6.45, 7) is 3.82. The first-order chi connectivity index (χ1) is 17.1. The lowest BCUT2D eigenvalue weighted by Gasteiger charge is -2.26. The van der Waals surface area contributed by atoms with Crippen LogP contribution in [0, 0.1) is 24.0 Å². The van der Waals surface area contributed by atoms with Gasteiger partial charge >= 0.3 is 6.03 Å². The molecule has 0 aliphatic carbocycles. The second-order valence-corrected chi connectivity index (χ2v) is 8.54. The summed E-state index contributed by atoms with van der Waals surface area (Å²) >= 11 is 6.34. The smallest absolute Gasteiger partial charge is 0.335 e. The molecule has 0 atom stereocenters. The molecule has 4 rings (SSSR count). The largest absolute Gasteiger partial charge is 0.487 e. The molecule has 1 N–H and O–H groups in total. The molecule has 36 heavy (non-hydrogen) atoms. The first-order valence-corrected chi connectivity index (χ1v) is 11.2. The fourth-order valence-electron chi connectivity index (χ4n) is 3.57. The number of rotatable bonds is 6. The molecule has 1 heterocycles. The zero-order chi connectivity index (χ0) is 26.0. The van der Waals surface area contributed by atoms with Gasteiger partial charge in [0.2, 0.25) is 0 Å². The van der Waals surface area contributed by atoms with Crippen molar-refractivity contribution in [1.29, 1.82) is 0 Å². The molecule has 0 saturated carbocycles. The predicted molar refractivity (Wildman–Crippen MR) is 134 cm³/mol. The van der Waals surface area contributed by atoms with E-state index >= 15 is 0 Å². The molecule has 182 valence electrons. The van der Waals surface area contributed by atoms with Gasteiger partial charge in [-0.2, -0.15) is 0 Å². The predicted octanol–water partition coefficient (Wildman–Crippen LogP) is 5.11. The minimum Gasteiger partial charge on any atom is -0.487 e. The van der Waals surface area contributed by atoms with Gasteiger partial charge in [0.25, 0.3) is 17.5 Å². The molecule has 0 unspecified atom stereocenters. The number of halogens is 1. The highest BCUT2D eigenvalue weighted by atomic mass is 35.5. The molecule has 9 nitrogen and oxygen atoms in total. The number of carbonyl (C=O) groups is 3. The Bertz CT molecular complexity index is 1450. The zero-order valence-corrected chi connectivity index (χ0v) is 20.0. The van der Waals surface area contributed by atoms with Crippen LogP contribution in [0.4, 0.5) is 16.2 Å². The summed E-state index contributed by atoms with van der Waals surface area (Å²) in [5, 5.41) is 13.3. The van der Waals surface area contributed by atoms with Gasteiger partial charge in [0.1, 0.15) is 17.9 Å². The van der Waals surface area contributed by atoms with Crippen LogP contribution < -0.4 is 15.0 Å². The highest BCUT2D eigenvalue weighted by Crippen LogP contribution is 2.29. The molecule has 0 spiro atoms. The van der Waals surface area contributed by atoms with Crippen LogP contribution in [-0.2, 0) is 16.2 Å². The van der Waals surface area contributed by atoms with Gasteiger partial charge in [0, 0.05) is 12.1 Å². The first-order valence-electron chi connectivity index (χ1n) is 10.8. The quantitative estimate of drug-likeness (QED) is 0.215. The maximum absolute atomic E-state index is 13.1. The number of nitrogens with one attached hydrogen (secondary N) is 1. The summed E-state index contributed by atoms with van der Waals surface area (Å²) in [4.78, 5) is 49.3. The minimum atomic E-state index is -0.826. The Labute approximate surface area is 211 Å². The van der Waals surface area contributed by atoms with Crippen LogP contribution in [0.2, 0.25) is 5.02 Å². The number of hydrogen-bond donors (Lipinski definition) is 1. The molecule has 3 aromatic carbocycles. The Morgan fingerprint density at radius 3 is 2.50 bits per heavy atom. The summed E-state index contributed by atoms with van der Waals surface area (Å²) in [6, 6.07) is 15.0. The molecule has 0 radical (unpaired) electrons. The van der Waals surface area contributed by atoms with Crippen LogP contribution in [0.15, 0.2) is 66.2 Å². The van der Waals surface area contributed by atoms with Crippen molar-refractivity contribution in [2.24, 2.45) is 0 Å². The van der Waals surface area contributed by atoms with Crippen LogP contribution >= 0.6 is 11.6 Å². The van der Waals surface area contributed by atoms with Crippen molar-refractivity contribution in [3.05, 3.63) is 104 Å². The van der Waals surface area contributed by atoms with Crippen molar-refractivity contribution in [1.82, 2.24) is 5.32 Å². The van der Waals surface area contributed by atoms with E-state index in [1.165, 1.54) is 24.3 Å². The van der Waals surface area contributed by atoms with Crippen LogP contribution in [-0.4, -0.2) is 22.8 Å². The number of nitrogens with zero attached hydrogens (tertiary/aromatic N) is 2. The maximum Gasteiger partial charge on any atom is 0.335 e. The summed E-state index contributed by atoms with van der Waals surface area (Å²) in [7, 11) is 0. The van der Waals surface area contributed by atoms with Crippen molar-refractivity contribution in [2.45, 2.75) is 20.5 Å². The highest BCUT2D eigenvalue weighted by molar-refractivity contribution is 6.39. The van der Waals surface area contributed by atoms with Crippen LogP contribution in [0.5, 0.6) is 5.75 Å². The molecule has 0 bridgehead atoms. The molecule has 10 heteroatoms. The molecule has 1 saturated heterocycles. The number of carbonyl (C=O) groups excluding carboxylic acids is 3. The minimum absolute atomic E-state index is 0.0482. The van der Waals surface area contributed by atoms with Gasteiger partial charge in [-0.05, 0) is 66.4 Å². The summed E-state index contributed by atoms with van der Waals surface area (Å²) in [6.07, 6.45) is 1.34. The molecule has 4 amide bonds. The van der Waals surface area contributed by atoms with Crippen LogP contribution in [0.25, 0.3) is 6.08 Å². The standard InChI is InChI=1S/C26H20ClN3O6/c1-15-6-8-19(10-16(15)2)29-25(32)21(24(31)28-26(29)33)12-17-7-9-23(22(27)13-17)36-14-18-4-3-5-20(11-18)30(34)35/h3-13H,14H2,1-2H3,(H,28,31,33)/b21-12+. The number of amides is 4. The monoisotopic (exact) mass is 505 g/mol. The van der Waals surface area contributed by atoms with Gasteiger partial charge in [0.15, 0.2) is 0 Å². The van der Waals surface area contributed by atoms with Crippen LogP contribution in [0.1, 0.15) is 22.3 Å². The van der Waals surface area contributed by atoms with Crippen molar-refractivity contribution < 1.29 is 24.0 Å². The molecule has 1 fully saturated rings. The van der Waals surface area contributed by atoms with E-state index in [0.717, 1.165) is 16.0 Å². The normalized spacial score (nSPS) is 14.7. The molecule has 3 aromatic rings. The Morgan fingerprint density at radius 1 is 1.03 bits per heavy atom. The fourth-order valence-corrected chi connectivity index (χ4v) is 3.81. The van der Waals surface area contributed by atoms with E-state index in [9.17, 15) is 24.5 Å². The Kier molecular flexibility index (Phi) is 6.84. The first kappa shape index (κ1) is 24.6. The SMILES string of the molecule is Cc1ccc(N2C(=O)NC(=O)/C(=C\c3ccc(OCc4cccc([N+](=O)[O-])c4)c(Cl)c3)C2=O)cc1C. The van der Waals surface area contributed by atoms with E-state index in [1.807, 2.05) is 13.8 Å². The number of imide groups is 2. The van der Waals surface area contributed by atoms with Crippen LogP contribution in [0.3, 0.4) is 0 Å². The third kappa shape index (κ3) is 5.11. The third-order valence-corrected chi connectivity index (χ3v) is 5.93. The highest BCUT2D eigenvalue weighted by Gasteiger charge is 2.36. The lowest BCUT2D eigenvalue weighted by molar-refractivity contribution is -0.384. The molecule has 1 aliphatic rings. The lowest BCUT2D eigenvalue weighted by atomic mass is 10.0. The number of hydrogen-bond acceptors (Lipinski definition) is 6. The second kappa shape index (κ2) is 10.0. The average Bonchev–Trinajstić information content (AvgIpc) is 2.83. The third-order valence-electron chi connectivity index (χ3n) is 5.63. The number of barbiturate groups is 1. The number of urea groups is 1. The number of anilines is 1. The van der Waals surface area contributed by atoms with Crippen molar-refractivity contribution in [2.75, 3.05) is 4.90 Å². The van der Waals surface area contributed by atoms with Gasteiger partial charge < -0.3 is 4.74 Å². The number of nitro benzene ring substituents is 1. The molecular formula is C26H20ClN3O6. The molecule has 0 aromatic heterocycles. The van der Waals surface area contributed by atoms with Crippen molar-refractivity contribution in [3.8, 4) is 5.75 Å². The summed E-state index contributed by atoms with van der Waals surface area (Å²) in [5.41, 5.74) is 2.99. The van der Waals surface area contributed by atoms with Gasteiger partial charge in [-0.15, -0.1) is 0 Å². The number of ether oxygens (including phenoxy) is 1. The maximum atomic E-state index is 13.1. The topological polar surface area (TPSA) is 119 Å². The van der Waals surface area contributed by atoms with E-state index in [2.05, 4.69) is 5.32 Å². The number of benzene rings is 3. The Hall–Kier alpha value is -4.50. The van der Waals surface area contributed by atoms with E-state index in [0.29, 0.717) is 22.6 Å². The molecule has 1 aliphatic heterocycles. The Balaban J connectivity index is 1.55. The summed E-state index contributed by atoms with van der Waals surface area (Å²) < 4.78 is 5.68. The molecular weight excluding hydrogens is 486 g/mol. The number of nitro groups is 1. The van der Waals surface area contributed by atoms with Gasteiger partial charge in [-0.1, -0.05) is 35.9 Å². The van der Waals surface area contributed by atoms with Crippen molar-refractivity contribution in [3.63, 3.8) is 0 Å². The number of aryl methyl sites for hydroxylation is 2. The van der Waals surface area contributed by atoms with Gasteiger partial charge in [-0.3, -0.25) is 25.0 Å². The summed E-state index contributed by atoms with van der Waals surface area (Å²) in [5.74, 6) is -1.25. The van der Waals surface area contributed by atoms with Gasteiger partial charge in [0.05, 0.1) is 15.6 Å². The Morgan fingerprint density at radius 2 is 1.81 bits per heavy atom. The van der Waals surface area contributed by atoms with Gasteiger partial charge in [-0.25, -0.2) is 9.69 Å². The van der Waals surface area contributed by atoms with E-state index in [-0.39, 0.29) is 22.9 Å². The zero-order valence-electron chi connectivity index (χ0n) is 19.3. The van der Waals surface area contributed by atoms with E-state index < -0.39 is 22.8 Å². The second-order valence-electron chi connectivity index (χ2n) is 8.13. The lowest BCUT2D eigenvalue weighted by Crippen LogP contribution is -2.54.